The van der Waals surface area contributed by atoms with Crippen molar-refractivity contribution in [1.82, 2.24) is 0 Å². The summed E-state index contributed by atoms with van der Waals surface area (Å²) in [5, 5.41) is 22.7. The van der Waals surface area contributed by atoms with E-state index in [9.17, 15) is 24.6 Å². The number of carbonyl (C=O) groups excluding carboxylic acids is 3. The van der Waals surface area contributed by atoms with Gasteiger partial charge in [0, 0.05) is 18.3 Å². The number of ether oxygens (including phenoxy) is 9. The Morgan fingerprint density at radius 2 is 1.28 bits per heavy atom. The van der Waals surface area contributed by atoms with Gasteiger partial charge >= 0.3 is 17.9 Å². The predicted octanol–water partition coefficient (Wildman–Crippen LogP) is 9.26. The Morgan fingerprint density at radius 3 is 1.88 bits per heavy atom. The summed E-state index contributed by atoms with van der Waals surface area (Å²) in [5.74, 6) is -0.0346. The van der Waals surface area contributed by atoms with Gasteiger partial charge < -0.3 is 52.8 Å². The van der Waals surface area contributed by atoms with E-state index in [-0.39, 0.29) is 34.2 Å². The molecule has 0 bridgehead atoms. The van der Waals surface area contributed by atoms with Gasteiger partial charge in [-0.2, -0.15) is 0 Å². The summed E-state index contributed by atoms with van der Waals surface area (Å²) in [6.45, 7) is 13.5. The molecule has 11 rings (SSSR count). The minimum Gasteiger partial charge on any atom is -0.454 e. The number of hydrogen-bond donors (Lipinski definition) is 2. The molecule has 4 unspecified atom stereocenters. The highest BCUT2D eigenvalue weighted by molar-refractivity contribution is 5.90. The molecule has 4 aliphatic carbocycles. The van der Waals surface area contributed by atoms with Crippen LogP contribution in [0.2, 0.25) is 0 Å². The molecule has 0 aromatic heterocycles. The standard InChI is InChI=1S/C61H76O14/c1-34-24-29-61(67-33-34)36(3)48-46(75-61)31-45-43-23-22-41-30-42(25-27-59(41,5)44(43)26-28-60(45,48)6)69-58-53(51(49(63)47(32-62)70-58)72-55(65)39-18-12-8-13-19-39)74-57-52(73-56(66)40-20-14-9-15-21-40)50(35(2)37(4)68-57)71-54(64)38-16-10-7-11-17-38/h7-22,34-37,42-53,57-58,62-63H,23-33H2,1-6H3/t34-,35+,36+,37?,42+,43-,44+,45+,46+,47?,48+,49-,50?,51?,52+,53+,57+,58-,59+,60+,61-/m1/s1. The Labute approximate surface area is 441 Å². The molecule has 4 saturated heterocycles. The first kappa shape index (κ1) is 52.5. The topological polar surface area (TPSA) is 175 Å². The van der Waals surface area contributed by atoms with Crippen LogP contribution in [0.4, 0.5) is 0 Å². The molecule has 404 valence electrons. The van der Waals surface area contributed by atoms with Crippen molar-refractivity contribution in [2.45, 2.75) is 173 Å². The van der Waals surface area contributed by atoms with Gasteiger partial charge in [-0.3, -0.25) is 0 Å². The number of aliphatic hydroxyl groups excluding tert-OH is 2. The molecule has 3 saturated carbocycles. The molecule has 14 heteroatoms. The average molecular weight is 1030 g/mol. The smallest absolute Gasteiger partial charge is 0.338 e. The lowest BCUT2D eigenvalue weighted by Crippen LogP contribution is -2.65. The second-order valence-corrected chi connectivity index (χ2v) is 23.9. The zero-order valence-corrected chi connectivity index (χ0v) is 44.2. The molecular formula is C61H76O14. The fourth-order valence-corrected chi connectivity index (χ4v) is 15.4. The number of benzene rings is 3. The van der Waals surface area contributed by atoms with Crippen molar-refractivity contribution in [3.05, 3.63) is 119 Å². The molecule has 21 atom stereocenters. The third kappa shape index (κ3) is 9.61. The van der Waals surface area contributed by atoms with Gasteiger partial charge in [0.25, 0.3) is 0 Å². The average Bonchev–Trinajstić information content (AvgIpc) is 3.89. The zero-order chi connectivity index (χ0) is 52.4. The second-order valence-electron chi connectivity index (χ2n) is 23.9. The van der Waals surface area contributed by atoms with Crippen molar-refractivity contribution in [3.8, 4) is 0 Å². The van der Waals surface area contributed by atoms with Crippen LogP contribution in [0, 0.1) is 52.3 Å². The van der Waals surface area contributed by atoms with E-state index >= 15 is 0 Å². The van der Waals surface area contributed by atoms with Crippen LogP contribution in [0.25, 0.3) is 0 Å². The van der Waals surface area contributed by atoms with Crippen LogP contribution in [-0.4, -0.2) is 115 Å². The first-order chi connectivity index (χ1) is 36.1. The van der Waals surface area contributed by atoms with Gasteiger partial charge in [-0.05, 0) is 135 Å². The minimum atomic E-state index is -1.60. The van der Waals surface area contributed by atoms with E-state index < -0.39 is 91.5 Å². The number of hydrogen-bond acceptors (Lipinski definition) is 14. The molecule has 3 aromatic carbocycles. The van der Waals surface area contributed by atoms with Crippen LogP contribution in [0.3, 0.4) is 0 Å². The van der Waals surface area contributed by atoms with Crippen LogP contribution >= 0.6 is 0 Å². The van der Waals surface area contributed by atoms with Gasteiger partial charge in [0.05, 0.1) is 48.2 Å². The molecule has 75 heavy (non-hydrogen) atoms. The quantitative estimate of drug-likeness (QED) is 0.106. The second kappa shape index (κ2) is 21.0. The van der Waals surface area contributed by atoms with E-state index in [4.69, 9.17) is 42.6 Å². The van der Waals surface area contributed by atoms with Crippen molar-refractivity contribution >= 4 is 17.9 Å². The van der Waals surface area contributed by atoms with Crippen molar-refractivity contribution in [3.63, 3.8) is 0 Å². The van der Waals surface area contributed by atoms with Crippen LogP contribution in [-0.2, 0) is 42.6 Å². The summed E-state index contributed by atoms with van der Waals surface area (Å²) in [5.41, 5.74) is 2.28. The predicted molar refractivity (Wildman–Crippen MR) is 274 cm³/mol. The number of carbonyl (C=O) groups is 3. The van der Waals surface area contributed by atoms with Gasteiger partial charge in [-0.1, -0.05) is 101 Å². The summed E-state index contributed by atoms with van der Waals surface area (Å²) in [4.78, 5) is 41.8. The summed E-state index contributed by atoms with van der Waals surface area (Å²) in [6.07, 6.45) is -0.557. The van der Waals surface area contributed by atoms with Gasteiger partial charge in [0.15, 0.2) is 36.7 Å². The van der Waals surface area contributed by atoms with E-state index in [0.717, 1.165) is 45.1 Å². The van der Waals surface area contributed by atoms with Gasteiger partial charge in [0.2, 0.25) is 0 Å². The van der Waals surface area contributed by atoms with E-state index in [1.54, 1.807) is 97.9 Å². The number of fused-ring (bicyclic) bond motifs is 7. The lowest BCUT2D eigenvalue weighted by molar-refractivity contribution is -0.365. The summed E-state index contributed by atoms with van der Waals surface area (Å²) in [7, 11) is 0. The number of allylic oxidation sites excluding steroid dienone is 1. The van der Waals surface area contributed by atoms with E-state index in [0.29, 0.717) is 53.9 Å². The third-order valence-electron chi connectivity index (χ3n) is 19.7. The Morgan fingerprint density at radius 1 is 0.680 bits per heavy atom. The first-order valence-electron chi connectivity index (χ1n) is 27.8. The lowest BCUT2D eigenvalue weighted by Gasteiger charge is -2.58. The Balaban J connectivity index is 0.873. The molecule has 4 aliphatic heterocycles. The molecule has 8 aliphatic rings. The monoisotopic (exact) mass is 1030 g/mol. The first-order valence-corrected chi connectivity index (χ1v) is 27.8. The fraction of sp³-hybridized carbons (Fsp3) is 0.623. The maximum absolute atomic E-state index is 14.0. The van der Waals surface area contributed by atoms with Crippen molar-refractivity contribution in [2.75, 3.05) is 13.2 Å². The van der Waals surface area contributed by atoms with E-state index in [1.807, 2.05) is 6.92 Å². The molecule has 0 amide bonds. The number of rotatable bonds is 11. The van der Waals surface area contributed by atoms with Crippen LogP contribution < -0.4 is 0 Å². The van der Waals surface area contributed by atoms with E-state index in [1.165, 1.54) is 12.0 Å². The highest BCUT2D eigenvalue weighted by atomic mass is 16.8. The summed E-state index contributed by atoms with van der Waals surface area (Å²) in [6, 6.07) is 25.3. The lowest BCUT2D eigenvalue weighted by atomic mass is 9.47. The fourth-order valence-electron chi connectivity index (χ4n) is 15.4. The third-order valence-corrected chi connectivity index (χ3v) is 19.7. The zero-order valence-electron chi connectivity index (χ0n) is 44.2. The summed E-state index contributed by atoms with van der Waals surface area (Å²) < 4.78 is 59.3. The molecule has 0 radical (unpaired) electrons. The molecule has 1 spiro atoms. The van der Waals surface area contributed by atoms with E-state index in [2.05, 4.69) is 33.8 Å². The largest absolute Gasteiger partial charge is 0.454 e. The molecule has 2 N–H and O–H groups in total. The highest BCUT2D eigenvalue weighted by Crippen LogP contribution is 2.71. The molecule has 3 aromatic rings. The van der Waals surface area contributed by atoms with Gasteiger partial charge in [-0.25, -0.2) is 14.4 Å². The van der Waals surface area contributed by atoms with Crippen molar-refractivity contribution in [1.29, 1.82) is 0 Å². The number of esters is 3. The SMILES string of the molecule is CC1O[C@@H](O[C@H]2C(OC(=O)c3ccccc3)[C@H](O)C(CO)O[C@H]2O[C@H]2CC[C@@]3(C)C(=CC[C@H]4[C@@H]5C[C@@H]6O[C@]7(CC[C@@H](C)CO7)[C@@H](C)[C@@H]6[C@@]5(C)CC[C@@H]43)C2)[C@@H](OC(=O)c2ccccc2)C(OC(=O)c2ccccc2)[C@H]1C. The minimum absolute atomic E-state index is 0.0379. The van der Waals surface area contributed by atoms with Crippen LogP contribution in [0.1, 0.15) is 130 Å². The summed E-state index contributed by atoms with van der Waals surface area (Å²) >= 11 is 0. The maximum atomic E-state index is 14.0. The Kier molecular flexibility index (Phi) is 14.7. The Hall–Kier alpha value is -4.51. The number of aliphatic hydroxyl groups is 2. The van der Waals surface area contributed by atoms with Crippen molar-refractivity contribution < 1.29 is 67.2 Å². The Bertz CT molecular complexity index is 2530. The van der Waals surface area contributed by atoms with Crippen LogP contribution in [0.5, 0.6) is 0 Å². The molecule has 14 nitrogen and oxygen atoms in total. The van der Waals surface area contributed by atoms with Crippen LogP contribution in [0.15, 0.2) is 103 Å². The highest BCUT2D eigenvalue weighted by Gasteiger charge is 2.69. The molecular weight excluding hydrogens is 957 g/mol. The maximum Gasteiger partial charge on any atom is 0.338 e. The van der Waals surface area contributed by atoms with Crippen molar-refractivity contribution in [2.24, 2.45) is 52.3 Å². The van der Waals surface area contributed by atoms with Gasteiger partial charge in [-0.15, -0.1) is 0 Å². The molecule has 4 heterocycles. The normalized spacial score (nSPS) is 43.0. The molecule has 7 fully saturated rings. The van der Waals surface area contributed by atoms with Gasteiger partial charge in [0.1, 0.15) is 18.3 Å².